The lowest BCUT2D eigenvalue weighted by Crippen LogP contribution is -2.58. The number of benzene rings is 2. The first-order valence-electron chi connectivity index (χ1n) is 11.4. The van der Waals surface area contributed by atoms with E-state index in [-0.39, 0.29) is 12.8 Å². The summed E-state index contributed by atoms with van der Waals surface area (Å²) < 4.78 is 0. The lowest BCUT2D eigenvalue weighted by molar-refractivity contribution is -0.147. The Morgan fingerprint density at radius 1 is 0.676 bits per heavy atom. The molecule has 0 aliphatic heterocycles. The molecule has 0 aliphatic carbocycles. The quantitative estimate of drug-likeness (QED) is 0.161. The molecule has 0 heterocycles. The summed E-state index contributed by atoms with van der Waals surface area (Å²) in [7, 11) is 0. The summed E-state index contributed by atoms with van der Waals surface area (Å²) in [4.78, 5) is 60.6. The van der Waals surface area contributed by atoms with Crippen molar-refractivity contribution in [3.8, 4) is 0 Å². The van der Waals surface area contributed by atoms with Crippen LogP contribution in [-0.4, -0.2) is 75.8 Å². The fraction of sp³-hybridized carbons (Fsp3) is 0.320. The van der Waals surface area contributed by atoms with Gasteiger partial charge in [0, 0.05) is 6.42 Å². The summed E-state index contributed by atoms with van der Waals surface area (Å²) in [5.74, 6) is -5.56. The first-order valence-corrected chi connectivity index (χ1v) is 11.4. The lowest BCUT2D eigenvalue weighted by atomic mass is 10.0. The fourth-order valence-corrected chi connectivity index (χ4v) is 3.41. The Morgan fingerprint density at radius 2 is 1.14 bits per heavy atom. The molecular weight excluding hydrogens is 484 g/mol. The molecule has 12 nitrogen and oxygen atoms in total. The average Bonchev–Trinajstić information content (AvgIpc) is 2.87. The van der Waals surface area contributed by atoms with Gasteiger partial charge in [-0.3, -0.25) is 19.2 Å². The van der Waals surface area contributed by atoms with E-state index in [1.807, 2.05) is 6.07 Å². The molecule has 0 aromatic heterocycles. The molecular formula is C25H30N4O8. The molecule has 12 heteroatoms. The zero-order chi connectivity index (χ0) is 27.4. The second-order valence-corrected chi connectivity index (χ2v) is 8.29. The van der Waals surface area contributed by atoms with Crippen LogP contribution in [0.25, 0.3) is 0 Å². The molecule has 0 aliphatic rings. The molecule has 2 aromatic rings. The molecule has 8 N–H and O–H groups in total. The van der Waals surface area contributed by atoms with Crippen molar-refractivity contribution >= 4 is 29.7 Å². The minimum absolute atomic E-state index is 0.0720. The second-order valence-electron chi connectivity index (χ2n) is 8.29. The summed E-state index contributed by atoms with van der Waals surface area (Å²) in [5.41, 5.74) is 7.34. The van der Waals surface area contributed by atoms with Crippen molar-refractivity contribution < 1.29 is 39.3 Å². The maximum atomic E-state index is 12.9. The van der Waals surface area contributed by atoms with E-state index in [1.165, 1.54) is 0 Å². The zero-order valence-corrected chi connectivity index (χ0v) is 19.9. The normalized spacial score (nSPS) is 13.9. The molecule has 3 amide bonds. The van der Waals surface area contributed by atoms with Gasteiger partial charge in [-0.25, -0.2) is 4.79 Å². The maximum absolute atomic E-state index is 12.9. The van der Waals surface area contributed by atoms with Crippen LogP contribution in [0.5, 0.6) is 0 Å². The Kier molecular flexibility index (Phi) is 11.2. The topological polar surface area (TPSA) is 208 Å². The van der Waals surface area contributed by atoms with E-state index >= 15 is 0 Å². The Balaban J connectivity index is 2.12. The summed E-state index contributed by atoms with van der Waals surface area (Å²) in [6.45, 7) is -0.800. The third-order valence-corrected chi connectivity index (χ3v) is 5.36. The first kappa shape index (κ1) is 28.9. The second kappa shape index (κ2) is 14.3. The first-order chi connectivity index (χ1) is 17.6. The molecule has 0 saturated carbocycles. The Bertz CT molecular complexity index is 1080. The number of aliphatic hydroxyl groups excluding tert-OH is 1. The Morgan fingerprint density at radius 3 is 1.62 bits per heavy atom. The number of amides is 3. The molecule has 198 valence electrons. The van der Waals surface area contributed by atoms with E-state index in [9.17, 15) is 34.2 Å². The summed E-state index contributed by atoms with van der Waals surface area (Å²) in [6.07, 6.45) is -0.759. The number of hydrogen-bond acceptors (Lipinski definition) is 7. The predicted molar refractivity (Wildman–Crippen MR) is 131 cm³/mol. The van der Waals surface area contributed by atoms with E-state index in [2.05, 4.69) is 16.0 Å². The minimum atomic E-state index is -1.73. The van der Waals surface area contributed by atoms with E-state index < -0.39 is 66.9 Å². The molecule has 0 spiro atoms. The van der Waals surface area contributed by atoms with Crippen LogP contribution in [0.15, 0.2) is 60.7 Å². The van der Waals surface area contributed by atoms with Crippen LogP contribution < -0.4 is 21.7 Å². The number of nitrogens with two attached hydrogens (primary N) is 1. The highest BCUT2D eigenvalue weighted by molar-refractivity contribution is 5.94. The van der Waals surface area contributed by atoms with Crippen LogP contribution in [-0.2, 0) is 36.8 Å². The number of carboxylic acids is 2. The number of hydrogen-bond donors (Lipinski definition) is 7. The standard InChI is InChI=1S/C25H30N4O8/c26-17(11-15-7-3-1-4-8-15)22(33)29-20(14-30)24(35)27-18(12-16-9-5-2-6-10-16)23(34)28-19(25(36)37)13-21(31)32/h1-10,17-20,30H,11-14,26H2,(H,27,35)(H,28,34)(H,29,33)(H,31,32)(H,36,37). The minimum Gasteiger partial charge on any atom is -0.481 e. The van der Waals surface area contributed by atoms with Gasteiger partial charge in [0.05, 0.1) is 19.1 Å². The SMILES string of the molecule is NC(Cc1ccccc1)C(=O)NC(CO)C(=O)NC(Cc1ccccc1)C(=O)NC(CC(=O)O)C(=O)O. The van der Waals surface area contributed by atoms with Gasteiger partial charge in [-0.15, -0.1) is 0 Å². The molecule has 0 fully saturated rings. The number of nitrogens with one attached hydrogen (secondary N) is 3. The van der Waals surface area contributed by atoms with Crippen LogP contribution in [0.3, 0.4) is 0 Å². The third-order valence-electron chi connectivity index (χ3n) is 5.36. The van der Waals surface area contributed by atoms with E-state index in [0.717, 1.165) is 5.56 Å². The number of rotatable bonds is 14. The van der Waals surface area contributed by atoms with E-state index in [4.69, 9.17) is 10.8 Å². The molecule has 0 saturated heterocycles. The largest absolute Gasteiger partial charge is 0.481 e. The van der Waals surface area contributed by atoms with Crippen molar-refractivity contribution in [2.45, 2.75) is 43.4 Å². The van der Waals surface area contributed by atoms with Crippen molar-refractivity contribution in [1.82, 2.24) is 16.0 Å². The number of aliphatic carboxylic acids is 2. The van der Waals surface area contributed by atoms with Crippen molar-refractivity contribution in [3.63, 3.8) is 0 Å². The van der Waals surface area contributed by atoms with Gasteiger partial charge in [0.2, 0.25) is 17.7 Å². The van der Waals surface area contributed by atoms with Crippen molar-refractivity contribution in [3.05, 3.63) is 71.8 Å². The van der Waals surface area contributed by atoms with Gasteiger partial charge in [-0.2, -0.15) is 0 Å². The molecule has 0 radical (unpaired) electrons. The summed E-state index contributed by atoms with van der Waals surface area (Å²) >= 11 is 0. The molecule has 2 rings (SSSR count). The van der Waals surface area contributed by atoms with Crippen molar-refractivity contribution in [2.24, 2.45) is 5.73 Å². The van der Waals surface area contributed by atoms with Crippen molar-refractivity contribution in [2.75, 3.05) is 6.61 Å². The Hall–Kier alpha value is -4.29. The molecule has 2 aromatic carbocycles. The van der Waals surface area contributed by atoms with Gasteiger partial charge < -0.3 is 37.0 Å². The van der Waals surface area contributed by atoms with Crippen LogP contribution in [0.4, 0.5) is 0 Å². The van der Waals surface area contributed by atoms with Gasteiger partial charge >= 0.3 is 11.9 Å². The van der Waals surface area contributed by atoms with Gasteiger partial charge in [0.1, 0.15) is 18.1 Å². The van der Waals surface area contributed by atoms with Gasteiger partial charge in [0.25, 0.3) is 0 Å². The van der Waals surface area contributed by atoms with E-state index in [0.29, 0.717) is 5.56 Å². The van der Waals surface area contributed by atoms with Crippen LogP contribution in [0, 0.1) is 0 Å². The van der Waals surface area contributed by atoms with Crippen molar-refractivity contribution in [1.29, 1.82) is 0 Å². The van der Waals surface area contributed by atoms with Crippen LogP contribution in [0.2, 0.25) is 0 Å². The zero-order valence-electron chi connectivity index (χ0n) is 19.9. The Labute approximate surface area is 212 Å². The highest BCUT2D eigenvalue weighted by atomic mass is 16.4. The lowest BCUT2D eigenvalue weighted by Gasteiger charge is -2.24. The van der Waals surface area contributed by atoms with Gasteiger partial charge in [-0.1, -0.05) is 60.7 Å². The molecule has 0 bridgehead atoms. The molecule has 37 heavy (non-hydrogen) atoms. The smallest absolute Gasteiger partial charge is 0.326 e. The highest BCUT2D eigenvalue weighted by Crippen LogP contribution is 2.06. The van der Waals surface area contributed by atoms with Crippen LogP contribution in [0.1, 0.15) is 17.5 Å². The summed E-state index contributed by atoms with van der Waals surface area (Å²) in [6, 6.07) is 11.9. The number of aliphatic hydroxyl groups is 1. The fourth-order valence-electron chi connectivity index (χ4n) is 3.41. The monoisotopic (exact) mass is 514 g/mol. The number of carbonyl (C=O) groups is 5. The maximum Gasteiger partial charge on any atom is 0.326 e. The third kappa shape index (κ3) is 9.70. The van der Waals surface area contributed by atoms with E-state index in [1.54, 1.807) is 54.6 Å². The molecule has 4 unspecified atom stereocenters. The van der Waals surface area contributed by atoms with Gasteiger partial charge in [0.15, 0.2) is 0 Å². The average molecular weight is 515 g/mol. The van der Waals surface area contributed by atoms with Crippen LogP contribution >= 0.6 is 0 Å². The number of carboxylic acid groups (broad SMARTS) is 2. The molecule has 4 atom stereocenters. The highest BCUT2D eigenvalue weighted by Gasteiger charge is 2.31. The van der Waals surface area contributed by atoms with Gasteiger partial charge in [-0.05, 0) is 17.5 Å². The number of carbonyl (C=O) groups excluding carboxylic acids is 3. The predicted octanol–water partition coefficient (Wildman–Crippen LogP) is -1.19. The summed E-state index contributed by atoms with van der Waals surface area (Å²) in [5, 5.41) is 34.8.